The smallest absolute Gasteiger partial charge is 0.240 e. The Bertz CT molecular complexity index is 725. The third kappa shape index (κ3) is 3.66. The van der Waals surface area contributed by atoms with Crippen LogP contribution in [-0.2, 0) is 30.1 Å². The highest BCUT2D eigenvalue weighted by Crippen LogP contribution is 2.15. The first-order valence-electron chi connectivity index (χ1n) is 6.47. The van der Waals surface area contributed by atoms with Crippen LogP contribution >= 0.6 is 0 Å². The fraction of sp³-hybridized carbons (Fsp3) is 0.385. The van der Waals surface area contributed by atoms with E-state index >= 15 is 0 Å². The van der Waals surface area contributed by atoms with Gasteiger partial charge >= 0.3 is 0 Å². The van der Waals surface area contributed by atoms with E-state index in [9.17, 15) is 13.5 Å². The van der Waals surface area contributed by atoms with Gasteiger partial charge in [0.1, 0.15) is 12.2 Å². The molecular formula is C13H18N4O3S. The molecule has 0 radical (unpaired) electrons. The summed E-state index contributed by atoms with van der Waals surface area (Å²) in [5.41, 5.74) is 1.46. The van der Waals surface area contributed by atoms with Crippen LogP contribution in [0.2, 0.25) is 0 Å². The highest BCUT2D eigenvalue weighted by molar-refractivity contribution is 7.89. The summed E-state index contributed by atoms with van der Waals surface area (Å²) in [6.07, 6.45) is 2.02. The molecule has 21 heavy (non-hydrogen) atoms. The second-order valence-electron chi connectivity index (χ2n) is 4.75. The van der Waals surface area contributed by atoms with E-state index in [1.165, 1.54) is 12.1 Å². The monoisotopic (exact) mass is 310 g/mol. The number of aryl methyl sites for hydroxylation is 2. The van der Waals surface area contributed by atoms with Crippen LogP contribution < -0.4 is 4.72 Å². The number of aliphatic hydroxyl groups excluding tert-OH is 1. The number of sulfonamides is 1. The molecule has 1 aromatic carbocycles. The average Bonchev–Trinajstić information content (AvgIpc) is 2.84. The molecular weight excluding hydrogens is 292 g/mol. The molecule has 0 unspecified atom stereocenters. The Kier molecular flexibility index (Phi) is 4.71. The topological polar surface area (TPSA) is 97.1 Å². The molecule has 1 heterocycles. The number of nitrogens with zero attached hydrogens (tertiary/aromatic N) is 3. The molecule has 0 atom stereocenters. The predicted octanol–water partition coefficient (Wildman–Crippen LogP) is 0.137. The number of rotatable bonds is 6. The Morgan fingerprint density at radius 3 is 2.76 bits per heavy atom. The normalized spacial score (nSPS) is 11.8. The molecule has 0 aliphatic heterocycles. The van der Waals surface area contributed by atoms with Gasteiger partial charge in [0.2, 0.25) is 10.0 Å². The summed E-state index contributed by atoms with van der Waals surface area (Å²) in [4.78, 5) is 0.148. The summed E-state index contributed by atoms with van der Waals surface area (Å²) < 4.78 is 28.6. The van der Waals surface area contributed by atoms with Crippen LogP contribution in [0.5, 0.6) is 0 Å². The first-order valence-corrected chi connectivity index (χ1v) is 7.95. The van der Waals surface area contributed by atoms with Crippen molar-refractivity contribution >= 4 is 10.0 Å². The molecule has 0 fully saturated rings. The fourth-order valence-electron chi connectivity index (χ4n) is 1.90. The van der Waals surface area contributed by atoms with Crippen molar-refractivity contribution in [3.8, 4) is 0 Å². The fourth-order valence-corrected chi connectivity index (χ4v) is 2.98. The Morgan fingerprint density at radius 1 is 1.38 bits per heavy atom. The molecule has 0 amide bonds. The molecule has 1 aromatic heterocycles. The number of nitrogens with one attached hydrogen (secondary N) is 1. The van der Waals surface area contributed by atoms with E-state index in [0.717, 1.165) is 5.56 Å². The molecule has 2 N–H and O–H groups in total. The maximum absolute atomic E-state index is 12.2. The van der Waals surface area contributed by atoms with Crippen molar-refractivity contribution in [1.82, 2.24) is 19.5 Å². The third-order valence-electron chi connectivity index (χ3n) is 3.25. The van der Waals surface area contributed by atoms with Crippen molar-refractivity contribution in [2.24, 2.45) is 7.05 Å². The molecule has 0 aliphatic rings. The van der Waals surface area contributed by atoms with Gasteiger partial charge in [-0.3, -0.25) is 0 Å². The molecule has 0 spiro atoms. The van der Waals surface area contributed by atoms with E-state index < -0.39 is 10.0 Å². The zero-order valence-electron chi connectivity index (χ0n) is 11.9. The summed E-state index contributed by atoms with van der Waals surface area (Å²) in [5.74, 6) is 0.706. The van der Waals surface area contributed by atoms with E-state index in [0.29, 0.717) is 17.8 Å². The largest absolute Gasteiger partial charge is 0.392 e. The summed E-state index contributed by atoms with van der Waals surface area (Å²) in [6.45, 7) is 1.87. The lowest BCUT2D eigenvalue weighted by atomic mass is 10.1. The lowest BCUT2D eigenvalue weighted by Gasteiger charge is -2.09. The number of benzene rings is 1. The average molecular weight is 310 g/mol. The van der Waals surface area contributed by atoms with Crippen LogP contribution in [0.1, 0.15) is 17.0 Å². The highest BCUT2D eigenvalue weighted by Gasteiger charge is 2.15. The highest BCUT2D eigenvalue weighted by atomic mass is 32.2. The molecule has 8 heteroatoms. The minimum absolute atomic E-state index is 0.148. The van der Waals surface area contributed by atoms with Gasteiger partial charge in [-0.05, 0) is 30.2 Å². The van der Waals surface area contributed by atoms with Crippen molar-refractivity contribution in [1.29, 1.82) is 0 Å². The number of aliphatic hydroxyl groups is 1. The Hall–Kier alpha value is -1.77. The molecule has 2 rings (SSSR count). The minimum atomic E-state index is -3.59. The summed E-state index contributed by atoms with van der Waals surface area (Å²) in [6, 6.07) is 4.70. The summed E-state index contributed by atoms with van der Waals surface area (Å²) in [7, 11) is -1.79. The second kappa shape index (κ2) is 6.33. The third-order valence-corrected chi connectivity index (χ3v) is 4.71. The zero-order chi connectivity index (χ0) is 15.5. The van der Waals surface area contributed by atoms with Gasteiger partial charge in [-0.1, -0.05) is 6.07 Å². The molecule has 0 saturated carbocycles. The van der Waals surface area contributed by atoms with Gasteiger partial charge in [-0.15, -0.1) is 10.2 Å². The van der Waals surface area contributed by atoms with Crippen molar-refractivity contribution in [2.75, 3.05) is 6.54 Å². The predicted molar refractivity (Wildman–Crippen MR) is 77.0 cm³/mol. The Morgan fingerprint density at radius 2 is 2.14 bits per heavy atom. The lowest BCUT2D eigenvalue weighted by molar-refractivity contribution is 0.280. The number of hydrogen-bond donors (Lipinski definition) is 2. The standard InChI is InChI=1S/C13H18N4O3S/c1-10-3-4-12(7-11(10)8-18)21(19,20)15-6-5-13-16-14-9-17(13)2/h3-4,7,9,15,18H,5-6,8H2,1-2H3. The minimum Gasteiger partial charge on any atom is -0.392 e. The lowest BCUT2D eigenvalue weighted by Crippen LogP contribution is -2.26. The van der Waals surface area contributed by atoms with Gasteiger partial charge in [-0.25, -0.2) is 13.1 Å². The van der Waals surface area contributed by atoms with Gasteiger partial charge in [0.15, 0.2) is 0 Å². The van der Waals surface area contributed by atoms with Crippen molar-refractivity contribution < 1.29 is 13.5 Å². The zero-order valence-corrected chi connectivity index (χ0v) is 12.8. The first kappa shape index (κ1) is 15.6. The quantitative estimate of drug-likeness (QED) is 0.791. The van der Waals surface area contributed by atoms with Crippen LogP contribution in [0.3, 0.4) is 0 Å². The van der Waals surface area contributed by atoms with Crippen LogP contribution in [0.4, 0.5) is 0 Å². The van der Waals surface area contributed by atoms with Crippen molar-refractivity contribution in [3.63, 3.8) is 0 Å². The number of aromatic nitrogens is 3. The Labute approximate surface area is 123 Å². The van der Waals surface area contributed by atoms with Crippen LogP contribution in [0.15, 0.2) is 29.4 Å². The van der Waals surface area contributed by atoms with E-state index in [4.69, 9.17) is 0 Å². The van der Waals surface area contributed by atoms with E-state index in [-0.39, 0.29) is 18.0 Å². The summed E-state index contributed by atoms with van der Waals surface area (Å²) >= 11 is 0. The molecule has 0 saturated heterocycles. The van der Waals surface area contributed by atoms with Gasteiger partial charge < -0.3 is 9.67 Å². The first-order chi connectivity index (χ1) is 9.94. The molecule has 7 nitrogen and oxygen atoms in total. The van der Waals surface area contributed by atoms with E-state index in [1.54, 1.807) is 24.0 Å². The molecule has 0 bridgehead atoms. The van der Waals surface area contributed by atoms with Gasteiger partial charge in [0.25, 0.3) is 0 Å². The molecule has 2 aromatic rings. The van der Waals surface area contributed by atoms with E-state index in [2.05, 4.69) is 14.9 Å². The maximum Gasteiger partial charge on any atom is 0.240 e. The summed E-state index contributed by atoms with van der Waals surface area (Å²) in [5, 5.41) is 16.8. The second-order valence-corrected chi connectivity index (χ2v) is 6.52. The van der Waals surface area contributed by atoms with Crippen LogP contribution in [0, 0.1) is 6.92 Å². The van der Waals surface area contributed by atoms with Crippen molar-refractivity contribution in [3.05, 3.63) is 41.5 Å². The van der Waals surface area contributed by atoms with Gasteiger partial charge in [0, 0.05) is 20.0 Å². The van der Waals surface area contributed by atoms with Crippen LogP contribution in [0.25, 0.3) is 0 Å². The van der Waals surface area contributed by atoms with Crippen molar-refractivity contribution in [2.45, 2.75) is 24.8 Å². The van der Waals surface area contributed by atoms with Gasteiger partial charge in [-0.2, -0.15) is 0 Å². The SMILES string of the molecule is Cc1ccc(S(=O)(=O)NCCc2nncn2C)cc1CO. The van der Waals surface area contributed by atoms with Gasteiger partial charge in [0.05, 0.1) is 11.5 Å². The van der Waals surface area contributed by atoms with E-state index in [1.807, 2.05) is 6.92 Å². The maximum atomic E-state index is 12.2. The van der Waals surface area contributed by atoms with Crippen LogP contribution in [-0.4, -0.2) is 34.8 Å². The Balaban J connectivity index is 2.06. The molecule has 0 aliphatic carbocycles. The molecule has 114 valence electrons. The number of hydrogen-bond acceptors (Lipinski definition) is 5.